The van der Waals surface area contributed by atoms with Crippen LogP contribution in [-0.4, -0.2) is 31.2 Å². The number of benzene rings is 1. The van der Waals surface area contributed by atoms with Crippen molar-refractivity contribution in [2.24, 2.45) is 0 Å². The molecule has 0 saturated carbocycles. The minimum atomic E-state index is -0.320. The van der Waals surface area contributed by atoms with Gasteiger partial charge < -0.3 is 4.98 Å². The summed E-state index contributed by atoms with van der Waals surface area (Å²) in [5.74, 6) is -0.320. The van der Waals surface area contributed by atoms with Gasteiger partial charge in [0, 0.05) is 10.9 Å². The predicted octanol–water partition coefficient (Wildman–Crippen LogP) is 0.538. The summed E-state index contributed by atoms with van der Waals surface area (Å²) in [7, 11) is 0. The molecule has 1 aromatic carbocycles. The Labute approximate surface area is 95.4 Å². The third-order valence-electron chi connectivity index (χ3n) is 2.33. The molecule has 0 bridgehead atoms. The van der Waals surface area contributed by atoms with Gasteiger partial charge in [0.1, 0.15) is 5.69 Å². The van der Waals surface area contributed by atoms with Gasteiger partial charge in [0.15, 0.2) is 6.33 Å². The average molecular weight is 228 g/mol. The van der Waals surface area contributed by atoms with Crippen LogP contribution in [0.1, 0.15) is 10.5 Å². The van der Waals surface area contributed by atoms with Crippen LogP contribution in [0.5, 0.6) is 0 Å². The van der Waals surface area contributed by atoms with E-state index in [4.69, 9.17) is 0 Å². The second kappa shape index (κ2) is 3.71. The van der Waals surface area contributed by atoms with E-state index >= 15 is 0 Å². The number of hydrogen-bond acceptors (Lipinski definition) is 4. The third-order valence-corrected chi connectivity index (χ3v) is 2.33. The highest BCUT2D eigenvalue weighted by Crippen LogP contribution is 2.14. The average Bonchev–Trinajstić information content (AvgIpc) is 2.96. The highest BCUT2D eigenvalue weighted by molar-refractivity contribution is 6.02. The zero-order valence-electron chi connectivity index (χ0n) is 8.66. The fourth-order valence-electron chi connectivity index (χ4n) is 1.57. The van der Waals surface area contributed by atoms with Crippen molar-refractivity contribution in [1.29, 1.82) is 0 Å². The Kier molecular flexibility index (Phi) is 2.08. The first-order valence-corrected chi connectivity index (χ1v) is 4.95. The third kappa shape index (κ3) is 1.73. The van der Waals surface area contributed by atoms with Crippen LogP contribution in [0.25, 0.3) is 10.9 Å². The van der Waals surface area contributed by atoms with E-state index in [-0.39, 0.29) is 5.91 Å². The number of carbonyl (C=O) groups excluding carboxylic acids is 1. The molecule has 0 aliphatic carbocycles. The molecule has 3 rings (SSSR count). The maximum Gasteiger partial charge on any atom is 0.289 e. The summed E-state index contributed by atoms with van der Waals surface area (Å²) >= 11 is 0. The number of fused-ring (bicyclic) bond motifs is 1. The molecular formula is C10H8N6O. The molecule has 0 radical (unpaired) electrons. The summed E-state index contributed by atoms with van der Waals surface area (Å²) < 4.78 is 0. The van der Waals surface area contributed by atoms with E-state index in [1.165, 1.54) is 6.33 Å². The zero-order valence-corrected chi connectivity index (χ0v) is 8.66. The van der Waals surface area contributed by atoms with Crippen molar-refractivity contribution in [2.45, 2.75) is 0 Å². The van der Waals surface area contributed by atoms with Crippen molar-refractivity contribution >= 4 is 16.8 Å². The standard InChI is InChI=1S/C10H8N6O/c17-10(14-16-12-6-11-15-16)9-5-7-3-1-2-4-8(7)13-9/h1-6,13H,(H,14,17). The number of nitrogens with zero attached hydrogens (tertiary/aromatic N) is 4. The predicted molar refractivity (Wildman–Crippen MR) is 59.8 cm³/mol. The van der Waals surface area contributed by atoms with Gasteiger partial charge in [-0.25, -0.2) is 5.43 Å². The lowest BCUT2D eigenvalue weighted by molar-refractivity contribution is 0.0997. The molecule has 0 unspecified atom stereocenters. The van der Waals surface area contributed by atoms with E-state index in [2.05, 4.69) is 25.8 Å². The van der Waals surface area contributed by atoms with Crippen molar-refractivity contribution < 1.29 is 4.79 Å². The van der Waals surface area contributed by atoms with Crippen molar-refractivity contribution in [3.8, 4) is 0 Å². The van der Waals surface area contributed by atoms with Gasteiger partial charge in [0.05, 0.1) is 0 Å². The summed E-state index contributed by atoms with van der Waals surface area (Å²) in [6.45, 7) is 0. The van der Waals surface area contributed by atoms with Crippen molar-refractivity contribution in [3.63, 3.8) is 0 Å². The number of para-hydroxylation sites is 1. The van der Waals surface area contributed by atoms with Gasteiger partial charge in [0.2, 0.25) is 0 Å². The summed E-state index contributed by atoms with van der Waals surface area (Å²) in [5, 5.41) is 11.7. The Morgan fingerprint density at radius 3 is 3.00 bits per heavy atom. The van der Waals surface area contributed by atoms with Gasteiger partial charge in [-0.2, -0.15) is 0 Å². The molecule has 2 N–H and O–H groups in total. The molecule has 17 heavy (non-hydrogen) atoms. The topological polar surface area (TPSA) is 88.5 Å². The summed E-state index contributed by atoms with van der Waals surface area (Å²) in [6.07, 6.45) is 1.24. The Hall–Kier alpha value is -2.70. The molecule has 0 atom stereocenters. The van der Waals surface area contributed by atoms with E-state index in [9.17, 15) is 4.79 Å². The second-order valence-electron chi connectivity index (χ2n) is 3.44. The molecule has 0 saturated heterocycles. The number of aromatic amines is 1. The Balaban J connectivity index is 1.90. The van der Waals surface area contributed by atoms with Gasteiger partial charge in [-0.05, 0) is 17.3 Å². The number of aromatic nitrogens is 5. The van der Waals surface area contributed by atoms with Crippen molar-refractivity contribution in [1.82, 2.24) is 25.3 Å². The number of hydrogen-bond donors (Lipinski definition) is 2. The SMILES string of the molecule is O=C(Nn1ncnn1)c1cc2ccccc2[nH]1. The molecule has 0 fully saturated rings. The molecule has 0 aliphatic rings. The first-order chi connectivity index (χ1) is 8.33. The number of rotatable bonds is 2. The number of H-pyrrole nitrogens is 1. The first kappa shape index (κ1) is 9.52. The molecular weight excluding hydrogens is 220 g/mol. The maximum absolute atomic E-state index is 11.8. The van der Waals surface area contributed by atoms with E-state index in [1.807, 2.05) is 24.3 Å². The zero-order chi connectivity index (χ0) is 11.7. The summed E-state index contributed by atoms with van der Waals surface area (Å²) in [6, 6.07) is 9.41. The van der Waals surface area contributed by atoms with Gasteiger partial charge in [-0.3, -0.25) is 4.79 Å². The van der Waals surface area contributed by atoms with Gasteiger partial charge in [0.25, 0.3) is 5.91 Å². The molecule has 2 aromatic heterocycles. The molecule has 7 heteroatoms. The van der Waals surface area contributed by atoms with Crippen LogP contribution in [0.3, 0.4) is 0 Å². The number of amides is 1. The number of nitrogens with one attached hydrogen (secondary N) is 2. The Morgan fingerprint density at radius 1 is 1.35 bits per heavy atom. The fraction of sp³-hybridized carbons (Fsp3) is 0. The lowest BCUT2D eigenvalue weighted by Crippen LogP contribution is -2.25. The number of tetrazole rings is 1. The van der Waals surface area contributed by atoms with Crippen LogP contribution in [0.2, 0.25) is 0 Å². The van der Waals surface area contributed by atoms with Gasteiger partial charge in [-0.1, -0.05) is 23.1 Å². The monoisotopic (exact) mass is 228 g/mol. The van der Waals surface area contributed by atoms with Crippen molar-refractivity contribution in [2.75, 3.05) is 5.43 Å². The fourth-order valence-corrected chi connectivity index (χ4v) is 1.57. The van der Waals surface area contributed by atoms with Crippen LogP contribution in [0.15, 0.2) is 36.7 Å². The second-order valence-corrected chi connectivity index (χ2v) is 3.44. The van der Waals surface area contributed by atoms with Crippen LogP contribution in [0, 0.1) is 0 Å². The maximum atomic E-state index is 11.8. The first-order valence-electron chi connectivity index (χ1n) is 4.95. The summed E-state index contributed by atoms with van der Waals surface area (Å²) in [5.41, 5.74) is 3.82. The van der Waals surface area contributed by atoms with Gasteiger partial charge in [-0.15, -0.1) is 10.2 Å². The molecule has 2 heterocycles. The minimum Gasteiger partial charge on any atom is -0.350 e. The van der Waals surface area contributed by atoms with E-state index in [0.717, 1.165) is 15.8 Å². The molecule has 0 spiro atoms. The largest absolute Gasteiger partial charge is 0.350 e. The number of carbonyl (C=O) groups is 1. The smallest absolute Gasteiger partial charge is 0.289 e. The Bertz CT molecular complexity index is 623. The van der Waals surface area contributed by atoms with Gasteiger partial charge >= 0.3 is 0 Å². The normalized spacial score (nSPS) is 10.6. The van der Waals surface area contributed by atoms with E-state index in [0.29, 0.717) is 5.69 Å². The van der Waals surface area contributed by atoms with E-state index in [1.54, 1.807) is 6.07 Å². The highest BCUT2D eigenvalue weighted by Gasteiger charge is 2.09. The van der Waals surface area contributed by atoms with E-state index < -0.39 is 0 Å². The molecule has 0 aliphatic heterocycles. The molecule has 7 nitrogen and oxygen atoms in total. The quantitative estimate of drug-likeness (QED) is 0.670. The minimum absolute atomic E-state index is 0.320. The molecule has 3 aromatic rings. The van der Waals surface area contributed by atoms with Crippen LogP contribution < -0.4 is 5.43 Å². The molecule has 1 amide bonds. The van der Waals surface area contributed by atoms with Crippen LogP contribution >= 0.6 is 0 Å². The summed E-state index contributed by atoms with van der Waals surface area (Å²) in [4.78, 5) is 15.8. The Morgan fingerprint density at radius 2 is 2.24 bits per heavy atom. The lowest BCUT2D eigenvalue weighted by Gasteiger charge is -1.98. The van der Waals surface area contributed by atoms with Crippen LogP contribution in [-0.2, 0) is 0 Å². The highest BCUT2D eigenvalue weighted by atomic mass is 16.2. The van der Waals surface area contributed by atoms with Crippen LogP contribution in [0.4, 0.5) is 0 Å². The molecule has 84 valence electrons. The van der Waals surface area contributed by atoms with Crippen molar-refractivity contribution in [3.05, 3.63) is 42.4 Å². The lowest BCUT2D eigenvalue weighted by atomic mass is 10.2.